The molecule has 82 valence electrons. The normalized spacial score (nSPS) is 11.2. The summed E-state index contributed by atoms with van der Waals surface area (Å²) in [5.41, 5.74) is 0.610. The first-order valence-corrected chi connectivity index (χ1v) is 6.05. The molecule has 1 aromatic carbocycles. The quantitative estimate of drug-likeness (QED) is 0.839. The zero-order valence-corrected chi connectivity index (χ0v) is 11.3. The smallest absolute Gasteiger partial charge is 0.262 e. The van der Waals surface area contributed by atoms with Gasteiger partial charge in [0.1, 0.15) is 0 Å². The van der Waals surface area contributed by atoms with E-state index in [4.69, 9.17) is 34.8 Å². The zero-order valence-electron chi connectivity index (χ0n) is 7.44. The highest BCUT2D eigenvalue weighted by Crippen LogP contribution is 2.25. The van der Waals surface area contributed by atoms with E-state index in [1.165, 1.54) is 0 Å². The second kappa shape index (κ2) is 5.39. The molecule has 0 saturated carbocycles. The van der Waals surface area contributed by atoms with Crippen molar-refractivity contribution in [3.05, 3.63) is 28.7 Å². The van der Waals surface area contributed by atoms with Crippen molar-refractivity contribution in [3.63, 3.8) is 0 Å². The third kappa shape index (κ3) is 3.83. The van der Waals surface area contributed by atoms with Gasteiger partial charge in [-0.1, -0.05) is 39.1 Å². The molecule has 0 unspecified atom stereocenters. The molecule has 0 heterocycles. The second-order valence-corrected chi connectivity index (χ2v) is 5.47. The maximum atomic E-state index is 11.5. The molecule has 2 nitrogen and oxygen atoms in total. The Bertz CT molecular complexity index is 353. The van der Waals surface area contributed by atoms with Gasteiger partial charge in [-0.05, 0) is 24.3 Å². The van der Waals surface area contributed by atoms with Crippen molar-refractivity contribution in [2.45, 2.75) is 4.33 Å². The fraction of sp³-hybridized carbons (Fsp3) is 0.222. The predicted octanol–water partition coefficient (Wildman–Crippen LogP) is 3.80. The van der Waals surface area contributed by atoms with Crippen LogP contribution in [0.4, 0.5) is 5.69 Å². The lowest BCUT2D eigenvalue weighted by Gasteiger charge is -2.15. The molecule has 0 bridgehead atoms. The molecule has 1 N–H and O–H groups in total. The molecular formula is C9H7BrCl3NO. The predicted molar refractivity (Wildman–Crippen MR) is 67.9 cm³/mol. The van der Waals surface area contributed by atoms with E-state index < -0.39 is 10.2 Å². The average molecular weight is 331 g/mol. The van der Waals surface area contributed by atoms with Crippen LogP contribution in [0, 0.1) is 0 Å². The third-order valence-electron chi connectivity index (χ3n) is 1.60. The first kappa shape index (κ1) is 13.1. The molecule has 0 aromatic heterocycles. The van der Waals surface area contributed by atoms with Crippen LogP contribution >= 0.6 is 50.7 Å². The van der Waals surface area contributed by atoms with E-state index in [1.54, 1.807) is 24.3 Å². The lowest BCUT2D eigenvalue weighted by Crippen LogP contribution is -2.34. The third-order valence-corrected chi connectivity index (χ3v) is 3.42. The molecule has 0 aliphatic carbocycles. The van der Waals surface area contributed by atoms with Crippen molar-refractivity contribution in [3.8, 4) is 0 Å². The minimum atomic E-state index is -1.60. The van der Waals surface area contributed by atoms with Crippen molar-refractivity contribution < 1.29 is 4.79 Å². The SMILES string of the molecule is O=C(Nc1ccc(Br)cc1)C(Cl)(Cl)CCl. The lowest BCUT2D eigenvalue weighted by molar-refractivity contribution is -0.116. The molecule has 1 rings (SSSR count). The molecule has 15 heavy (non-hydrogen) atoms. The van der Waals surface area contributed by atoms with E-state index in [0.717, 1.165) is 4.47 Å². The summed E-state index contributed by atoms with van der Waals surface area (Å²) in [5.74, 6) is -0.707. The summed E-state index contributed by atoms with van der Waals surface area (Å²) in [7, 11) is 0. The van der Waals surface area contributed by atoms with E-state index in [-0.39, 0.29) is 5.88 Å². The number of halogens is 4. The molecule has 0 aliphatic rings. The number of rotatable bonds is 3. The standard InChI is InChI=1S/C9H7BrCl3NO/c10-6-1-3-7(4-2-6)14-8(15)9(12,13)5-11/h1-4H,5H2,(H,14,15). The van der Waals surface area contributed by atoms with Gasteiger partial charge in [-0.25, -0.2) is 0 Å². The van der Waals surface area contributed by atoms with E-state index in [9.17, 15) is 4.79 Å². The average Bonchev–Trinajstić information content (AvgIpc) is 2.21. The molecule has 0 atom stereocenters. The van der Waals surface area contributed by atoms with Crippen molar-refractivity contribution in [2.24, 2.45) is 0 Å². The van der Waals surface area contributed by atoms with Crippen LogP contribution in [-0.4, -0.2) is 16.1 Å². The number of amides is 1. The summed E-state index contributed by atoms with van der Waals surface area (Å²) < 4.78 is -0.685. The number of carbonyl (C=O) groups excluding carboxylic acids is 1. The maximum absolute atomic E-state index is 11.5. The lowest BCUT2D eigenvalue weighted by atomic mass is 10.3. The van der Waals surface area contributed by atoms with Gasteiger partial charge in [0.15, 0.2) is 0 Å². The number of hydrogen-bond donors (Lipinski definition) is 1. The Kier molecular flexibility index (Phi) is 4.71. The van der Waals surface area contributed by atoms with Crippen LogP contribution in [0.2, 0.25) is 0 Å². The van der Waals surface area contributed by atoms with Gasteiger partial charge < -0.3 is 5.32 Å². The number of alkyl halides is 3. The van der Waals surface area contributed by atoms with E-state index in [0.29, 0.717) is 5.69 Å². The Morgan fingerprint density at radius 3 is 2.33 bits per heavy atom. The summed E-state index contributed by atoms with van der Waals surface area (Å²) in [6.45, 7) is 0. The molecular weight excluding hydrogens is 324 g/mol. The van der Waals surface area contributed by atoms with Crippen LogP contribution in [0.3, 0.4) is 0 Å². The highest BCUT2D eigenvalue weighted by molar-refractivity contribution is 9.10. The van der Waals surface area contributed by atoms with Crippen LogP contribution in [0.1, 0.15) is 0 Å². The fourth-order valence-corrected chi connectivity index (χ4v) is 1.30. The highest BCUT2D eigenvalue weighted by atomic mass is 79.9. The zero-order chi connectivity index (χ0) is 11.5. The fourth-order valence-electron chi connectivity index (χ4n) is 0.816. The number of anilines is 1. The Morgan fingerprint density at radius 1 is 1.33 bits per heavy atom. The molecule has 1 aromatic rings. The first-order valence-electron chi connectivity index (χ1n) is 3.96. The summed E-state index contributed by atoms with van der Waals surface area (Å²) in [4.78, 5) is 11.5. The van der Waals surface area contributed by atoms with Crippen LogP contribution in [-0.2, 0) is 4.79 Å². The number of hydrogen-bond acceptors (Lipinski definition) is 1. The van der Waals surface area contributed by atoms with E-state index in [2.05, 4.69) is 21.2 Å². The van der Waals surface area contributed by atoms with Gasteiger partial charge >= 0.3 is 0 Å². The summed E-state index contributed by atoms with van der Waals surface area (Å²) >= 11 is 20.1. The molecule has 1 amide bonds. The Balaban J connectivity index is 2.71. The first-order chi connectivity index (χ1) is 6.95. The van der Waals surface area contributed by atoms with Gasteiger partial charge in [0.05, 0.1) is 5.88 Å². The summed E-state index contributed by atoms with van der Waals surface area (Å²) in [6.07, 6.45) is 0. The van der Waals surface area contributed by atoms with Crippen molar-refractivity contribution in [1.82, 2.24) is 0 Å². The molecule has 0 saturated heterocycles. The van der Waals surface area contributed by atoms with Crippen molar-refractivity contribution in [2.75, 3.05) is 11.2 Å². The highest BCUT2D eigenvalue weighted by Gasteiger charge is 2.32. The van der Waals surface area contributed by atoms with Crippen LogP contribution in [0.15, 0.2) is 28.7 Å². The van der Waals surface area contributed by atoms with Crippen LogP contribution in [0.25, 0.3) is 0 Å². The molecule has 6 heteroatoms. The van der Waals surface area contributed by atoms with Gasteiger partial charge in [0.2, 0.25) is 4.33 Å². The summed E-state index contributed by atoms with van der Waals surface area (Å²) in [5, 5.41) is 2.55. The van der Waals surface area contributed by atoms with Crippen LogP contribution < -0.4 is 5.32 Å². The van der Waals surface area contributed by atoms with Crippen LogP contribution in [0.5, 0.6) is 0 Å². The molecule has 0 fully saturated rings. The van der Waals surface area contributed by atoms with Gasteiger partial charge in [0, 0.05) is 10.2 Å². The van der Waals surface area contributed by atoms with Gasteiger partial charge in [0.25, 0.3) is 5.91 Å². The monoisotopic (exact) mass is 329 g/mol. The number of nitrogens with one attached hydrogen (secondary N) is 1. The van der Waals surface area contributed by atoms with Gasteiger partial charge in [-0.15, -0.1) is 11.6 Å². The number of carbonyl (C=O) groups is 1. The molecule has 0 spiro atoms. The molecule has 0 radical (unpaired) electrons. The minimum absolute atomic E-state index is 0.168. The van der Waals surface area contributed by atoms with E-state index >= 15 is 0 Å². The van der Waals surface area contributed by atoms with E-state index in [1.807, 2.05) is 0 Å². The van der Waals surface area contributed by atoms with Crippen molar-refractivity contribution in [1.29, 1.82) is 0 Å². The van der Waals surface area contributed by atoms with Crippen molar-refractivity contribution >= 4 is 62.3 Å². The molecule has 0 aliphatic heterocycles. The minimum Gasteiger partial charge on any atom is -0.323 e. The largest absolute Gasteiger partial charge is 0.323 e. The van der Waals surface area contributed by atoms with Gasteiger partial charge in [-0.3, -0.25) is 4.79 Å². The Labute approximate surface area is 111 Å². The summed E-state index contributed by atoms with van der Waals surface area (Å²) in [6, 6.07) is 7.03. The number of benzene rings is 1. The Hall–Kier alpha value is 0.0400. The topological polar surface area (TPSA) is 29.1 Å². The Morgan fingerprint density at radius 2 is 1.87 bits per heavy atom. The maximum Gasteiger partial charge on any atom is 0.262 e. The second-order valence-electron chi connectivity index (χ2n) is 2.80. The van der Waals surface area contributed by atoms with Gasteiger partial charge in [-0.2, -0.15) is 0 Å².